The van der Waals surface area contributed by atoms with E-state index in [1.165, 1.54) is 16.5 Å². The summed E-state index contributed by atoms with van der Waals surface area (Å²) in [5, 5.41) is 11.5. The number of nitrogens with zero attached hydrogens (tertiary/aromatic N) is 2. The van der Waals surface area contributed by atoms with Crippen molar-refractivity contribution in [2.45, 2.75) is 5.75 Å². The standard InChI is InChI=1S/C9H6N2S2.2Cr.3H2O4S/c10-6-12-5-9-11-7-3-1-2-4-8(7)13-9;;;3*1-5(2,3)4/h1-4H,5H2;;;3*(H2,1,2,3,4)/q;2*+3;;;/p-6. The maximum atomic E-state index is 8.52. The van der Waals surface area contributed by atoms with Crippen LogP contribution >= 0.6 is 23.1 Å². The Balaban J connectivity index is -0.000000169. The maximum absolute atomic E-state index is 8.52. The van der Waals surface area contributed by atoms with Crippen LogP contribution in [0.4, 0.5) is 0 Å². The normalized spacial score (nSPS) is 10.2. The third-order valence-corrected chi connectivity index (χ3v) is 3.36. The van der Waals surface area contributed by atoms with E-state index in [1.807, 2.05) is 29.7 Å². The van der Waals surface area contributed by atoms with Crippen LogP contribution in [0, 0.1) is 10.7 Å². The number of thiazole rings is 1. The molecule has 0 aliphatic heterocycles. The van der Waals surface area contributed by atoms with E-state index in [0.717, 1.165) is 10.5 Å². The topological polar surface area (TPSA) is 277 Å². The van der Waals surface area contributed by atoms with E-state index in [0.29, 0.717) is 5.75 Å². The molecule has 14 nitrogen and oxygen atoms in total. The van der Waals surface area contributed by atoms with Gasteiger partial charge in [-0.2, -0.15) is 5.26 Å². The summed E-state index contributed by atoms with van der Waals surface area (Å²) in [6, 6.07) is 8.02. The van der Waals surface area contributed by atoms with E-state index >= 15 is 0 Å². The largest absolute Gasteiger partial charge is 3.00 e. The van der Waals surface area contributed by atoms with Gasteiger partial charge in [-0.1, -0.05) is 12.1 Å². The summed E-state index contributed by atoms with van der Waals surface area (Å²) in [6.07, 6.45) is 0. The molecule has 1 aromatic carbocycles. The van der Waals surface area contributed by atoms with Crippen LogP contribution in [0.2, 0.25) is 0 Å². The Kier molecular flexibility index (Phi) is 21.2. The molecule has 21 heteroatoms. The molecule has 0 N–H and O–H groups in total. The second-order valence-corrected chi connectivity index (χ2v) is 8.00. The summed E-state index contributed by atoms with van der Waals surface area (Å²) >= 11 is 2.88. The van der Waals surface area contributed by atoms with E-state index in [1.54, 1.807) is 11.3 Å². The molecule has 1 heterocycles. The second-order valence-electron chi connectivity index (χ2n) is 3.68. The fourth-order valence-corrected chi connectivity index (χ4v) is 2.50. The molecular formula is C9H6Cr2N2O12S5. The van der Waals surface area contributed by atoms with Gasteiger partial charge in [-0.3, -0.25) is 25.3 Å². The number of nitriles is 1. The molecule has 166 valence electrons. The van der Waals surface area contributed by atoms with E-state index in [9.17, 15) is 0 Å². The summed E-state index contributed by atoms with van der Waals surface area (Å²) in [6.45, 7) is 0. The van der Waals surface area contributed by atoms with Crippen molar-refractivity contribution < 1.29 is 87.3 Å². The van der Waals surface area contributed by atoms with Crippen molar-refractivity contribution in [2.24, 2.45) is 0 Å². The van der Waals surface area contributed by atoms with Gasteiger partial charge in [0.2, 0.25) is 0 Å². The zero-order chi connectivity index (χ0) is 22.6. The minimum Gasteiger partial charge on any atom is -0.759 e. The molecule has 0 saturated carbocycles. The second kappa shape index (κ2) is 17.2. The molecule has 2 aromatic rings. The van der Waals surface area contributed by atoms with E-state index in [4.69, 9.17) is 57.8 Å². The van der Waals surface area contributed by atoms with Gasteiger partial charge in [0.15, 0.2) is 0 Å². The van der Waals surface area contributed by atoms with Crippen molar-refractivity contribution in [1.82, 2.24) is 4.98 Å². The van der Waals surface area contributed by atoms with Crippen LogP contribution in [0.15, 0.2) is 24.3 Å². The van der Waals surface area contributed by atoms with Crippen molar-refractivity contribution in [1.29, 1.82) is 5.26 Å². The van der Waals surface area contributed by atoms with Crippen LogP contribution in [-0.4, -0.2) is 57.6 Å². The van der Waals surface area contributed by atoms with Gasteiger partial charge in [0.05, 0.1) is 16.0 Å². The minimum absolute atomic E-state index is 0. The first-order valence-electron chi connectivity index (χ1n) is 5.75. The van der Waals surface area contributed by atoms with Crippen LogP contribution in [0.25, 0.3) is 10.2 Å². The molecule has 30 heavy (non-hydrogen) atoms. The molecule has 0 atom stereocenters. The Morgan fingerprint density at radius 3 is 1.57 bits per heavy atom. The molecule has 0 fully saturated rings. The first-order chi connectivity index (χ1) is 12.4. The average Bonchev–Trinajstić information content (AvgIpc) is 2.82. The van der Waals surface area contributed by atoms with E-state index in [2.05, 4.69) is 4.98 Å². The molecule has 2 rings (SSSR count). The van der Waals surface area contributed by atoms with Gasteiger partial charge in [0.1, 0.15) is 10.4 Å². The van der Waals surface area contributed by atoms with Crippen molar-refractivity contribution >= 4 is 64.5 Å². The summed E-state index contributed by atoms with van der Waals surface area (Å²) in [4.78, 5) is 4.40. The van der Waals surface area contributed by atoms with Gasteiger partial charge in [0.25, 0.3) is 0 Å². The molecule has 0 aliphatic carbocycles. The number of hydrogen-bond acceptors (Lipinski definition) is 16. The molecule has 0 bridgehead atoms. The maximum Gasteiger partial charge on any atom is 3.00 e. The fourth-order valence-electron chi connectivity index (χ4n) is 1.08. The number of aromatic nitrogens is 1. The van der Waals surface area contributed by atoms with Crippen LogP contribution in [0.1, 0.15) is 5.01 Å². The molecule has 0 spiro atoms. The SMILES string of the molecule is N#CSCc1nc2ccccc2s1.O=S(=O)([O-])[O-].O=S(=O)([O-])[O-].O=S(=O)([O-])[O-].[Cr+3].[Cr+3]. The molecule has 1 aromatic heterocycles. The first kappa shape index (κ1) is 37.0. The van der Waals surface area contributed by atoms with Crippen LogP contribution in [0.5, 0.6) is 0 Å². The van der Waals surface area contributed by atoms with Gasteiger partial charge < -0.3 is 27.3 Å². The number of hydrogen-bond donors (Lipinski definition) is 0. The van der Waals surface area contributed by atoms with Crippen LogP contribution in [0.3, 0.4) is 0 Å². The molecule has 0 unspecified atom stereocenters. The van der Waals surface area contributed by atoms with E-state index in [-0.39, 0.29) is 34.7 Å². The molecule has 2 radical (unpaired) electrons. The van der Waals surface area contributed by atoms with Crippen molar-refractivity contribution in [3.63, 3.8) is 0 Å². The third kappa shape index (κ3) is 38.3. The van der Waals surface area contributed by atoms with Crippen molar-refractivity contribution in [3.8, 4) is 5.40 Å². The Hall–Kier alpha value is -0.375. The quantitative estimate of drug-likeness (QED) is 0.227. The minimum atomic E-state index is -5.17. The van der Waals surface area contributed by atoms with Gasteiger partial charge in [-0.15, -0.1) is 11.3 Å². The van der Waals surface area contributed by atoms with Gasteiger partial charge in [-0.25, -0.2) is 4.98 Å². The predicted octanol–water partition coefficient (Wildman–Crippen LogP) is -1.01. The Morgan fingerprint density at radius 2 is 1.23 bits per heavy atom. The number of fused-ring (bicyclic) bond motifs is 1. The van der Waals surface area contributed by atoms with E-state index < -0.39 is 31.2 Å². The van der Waals surface area contributed by atoms with Gasteiger partial charge >= 0.3 is 34.7 Å². The predicted molar refractivity (Wildman–Crippen MR) is 88.0 cm³/mol. The summed E-state index contributed by atoms with van der Waals surface area (Å²) in [5.74, 6) is 0.690. The van der Waals surface area contributed by atoms with Gasteiger partial charge in [-0.05, 0) is 23.9 Å². The summed E-state index contributed by atoms with van der Waals surface area (Å²) in [7, 11) is -15.5. The Labute approximate surface area is 201 Å². The molecule has 0 saturated heterocycles. The fraction of sp³-hybridized carbons (Fsp3) is 0.111. The number of para-hydroxylation sites is 1. The molecule has 0 aliphatic rings. The number of benzene rings is 1. The van der Waals surface area contributed by atoms with Gasteiger partial charge in [0, 0.05) is 31.2 Å². The zero-order valence-corrected chi connectivity index (χ0v) is 20.3. The number of thiocyanates is 1. The number of rotatable bonds is 2. The van der Waals surface area contributed by atoms with Crippen LogP contribution in [-0.2, 0) is 71.7 Å². The Bertz CT molecular complexity index is 966. The van der Waals surface area contributed by atoms with Crippen molar-refractivity contribution in [2.75, 3.05) is 0 Å². The van der Waals surface area contributed by atoms with Crippen LogP contribution < -0.4 is 0 Å². The zero-order valence-electron chi connectivity index (χ0n) is 13.7. The smallest absolute Gasteiger partial charge is 0.759 e. The molecule has 0 amide bonds. The summed E-state index contributed by atoms with van der Waals surface area (Å²) in [5.41, 5.74) is 1.03. The monoisotopic (exact) mass is 598 g/mol. The Morgan fingerprint density at radius 1 is 0.867 bits per heavy atom. The average molecular weight is 598 g/mol. The number of thioether (sulfide) groups is 1. The molecular weight excluding hydrogens is 592 g/mol. The van der Waals surface area contributed by atoms with Crippen molar-refractivity contribution in [3.05, 3.63) is 29.3 Å². The third-order valence-electron chi connectivity index (χ3n) is 1.60. The first-order valence-corrected chi connectivity index (χ1v) is 11.6. The summed E-state index contributed by atoms with van der Waals surface area (Å²) < 4.78 is 103.